The van der Waals surface area contributed by atoms with E-state index in [2.05, 4.69) is 4.90 Å². The summed E-state index contributed by atoms with van der Waals surface area (Å²) in [7, 11) is 0. The Morgan fingerprint density at radius 2 is 1.42 bits per heavy atom. The number of nitrogens with zero attached hydrogens (tertiary/aromatic N) is 1. The van der Waals surface area contributed by atoms with Crippen molar-refractivity contribution in [3.05, 3.63) is 0 Å². The second kappa shape index (κ2) is 2.73. The number of hydrogen-bond donors (Lipinski definition) is 0. The third-order valence-corrected chi connectivity index (χ3v) is 4.13. The lowest BCUT2D eigenvalue weighted by Gasteiger charge is -2.33. The van der Waals surface area contributed by atoms with E-state index in [0.717, 1.165) is 17.9 Å². The Morgan fingerprint density at radius 1 is 0.750 bits per heavy atom. The van der Waals surface area contributed by atoms with Crippen LogP contribution in [0.3, 0.4) is 0 Å². The smallest absolute Gasteiger partial charge is 0.0101 e. The maximum absolute atomic E-state index is 2.77. The van der Waals surface area contributed by atoms with Gasteiger partial charge in [0, 0.05) is 6.04 Å². The first-order chi connectivity index (χ1) is 5.93. The summed E-state index contributed by atoms with van der Waals surface area (Å²) < 4.78 is 0. The molecule has 0 aromatic rings. The van der Waals surface area contributed by atoms with Crippen LogP contribution in [0.4, 0.5) is 0 Å². The van der Waals surface area contributed by atoms with Crippen molar-refractivity contribution in [2.45, 2.75) is 44.6 Å². The molecule has 1 aliphatic heterocycles. The van der Waals surface area contributed by atoms with E-state index in [9.17, 15) is 0 Å². The average Bonchev–Trinajstić information content (AvgIpc) is 2.75. The maximum Gasteiger partial charge on any atom is 0.0101 e. The highest BCUT2D eigenvalue weighted by Crippen LogP contribution is 2.53. The molecule has 1 nitrogen and oxygen atoms in total. The standard InChI is InChI=1S/C11H19N/c1-2-4-12(5-3-1)11-7-9-6-10(9)8-11/h9-11H,1-8H2/t9-,10+,11?. The first-order valence-corrected chi connectivity index (χ1v) is 5.67. The third-order valence-electron chi connectivity index (χ3n) is 4.13. The van der Waals surface area contributed by atoms with Crippen molar-refractivity contribution >= 4 is 0 Å². The molecule has 3 fully saturated rings. The number of fused-ring (bicyclic) bond motifs is 1. The molecule has 3 atom stereocenters. The molecule has 1 unspecified atom stereocenters. The van der Waals surface area contributed by atoms with Gasteiger partial charge in [-0.3, -0.25) is 0 Å². The van der Waals surface area contributed by atoms with Gasteiger partial charge in [-0.25, -0.2) is 0 Å². The van der Waals surface area contributed by atoms with Gasteiger partial charge in [0.1, 0.15) is 0 Å². The molecule has 3 aliphatic rings. The Kier molecular flexibility index (Phi) is 1.68. The minimum atomic E-state index is 1.01. The van der Waals surface area contributed by atoms with Crippen LogP contribution in [0.15, 0.2) is 0 Å². The summed E-state index contributed by atoms with van der Waals surface area (Å²) in [5.41, 5.74) is 0. The van der Waals surface area contributed by atoms with E-state index in [1.165, 1.54) is 32.4 Å². The van der Waals surface area contributed by atoms with Gasteiger partial charge >= 0.3 is 0 Å². The predicted octanol–water partition coefficient (Wildman–Crippen LogP) is 2.27. The van der Waals surface area contributed by atoms with Crippen molar-refractivity contribution in [3.63, 3.8) is 0 Å². The van der Waals surface area contributed by atoms with E-state index in [4.69, 9.17) is 0 Å². The molecule has 0 aromatic carbocycles. The van der Waals surface area contributed by atoms with Crippen LogP contribution < -0.4 is 0 Å². The van der Waals surface area contributed by atoms with Crippen molar-refractivity contribution in [1.82, 2.24) is 4.90 Å². The second-order valence-corrected chi connectivity index (χ2v) is 4.98. The number of likely N-dealkylation sites (tertiary alicyclic amines) is 1. The van der Waals surface area contributed by atoms with Gasteiger partial charge in [-0.15, -0.1) is 0 Å². The Hall–Kier alpha value is -0.0400. The normalized spacial score (nSPS) is 47.5. The fourth-order valence-electron chi connectivity index (χ4n) is 3.26. The topological polar surface area (TPSA) is 3.24 Å². The van der Waals surface area contributed by atoms with Crippen LogP contribution in [0.5, 0.6) is 0 Å². The monoisotopic (exact) mass is 165 g/mol. The SMILES string of the molecule is C1CCN(C2C[C@@H]3C[C@@H]3C2)CC1. The summed E-state index contributed by atoms with van der Waals surface area (Å²) in [5.74, 6) is 2.33. The highest BCUT2D eigenvalue weighted by atomic mass is 15.2. The van der Waals surface area contributed by atoms with E-state index in [-0.39, 0.29) is 0 Å². The molecule has 2 saturated carbocycles. The van der Waals surface area contributed by atoms with Gasteiger partial charge in [0.25, 0.3) is 0 Å². The van der Waals surface area contributed by atoms with Crippen LogP contribution in [0.2, 0.25) is 0 Å². The third kappa shape index (κ3) is 1.19. The van der Waals surface area contributed by atoms with E-state index in [0.29, 0.717) is 0 Å². The molecule has 68 valence electrons. The molecule has 0 amide bonds. The molecule has 0 aromatic heterocycles. The fourth-order valence-corrected chi connectivity index (χ4v) is 3.26. The molecule has 12 heavy (non-hydrogen) atoms. The number of piperidine rings is 1. The Labute approximate surface area is 75.1 Å². The molecular weight excluding hydrogens is 146 g/mol. The molecule has 0 bridgehead atoms. The van der Waals surface area contributed by atoms with Gasteiger partial charge in [0.15, 0.2) is 0 Å². The Morgan fingerprint density at radius 3 is 2.08 bits per heavy atom. The molecule has 0 N–H and O–H groups in total. The van der Waals surface area contributed by atoms with Crippen LogP contribution in [0.1, 0.15) is 38.5 Å². The van der Waals surface area contributed by atoms with Crippen LogP contribution in [-0.2, 0) is 0 Å². The second-order valence-electron chi connectivity index (χ2n) is 4.98. The quantitative estimate of drug-likeness (QED) is 0.576. The zero-order valence-corrected chi connectivity index (χ0v) is 7.84. The fraction of sp³-hybridized carbons (Fsp3) is 1.00. The highest BCUT2D eigenvalue weighted by Gasteiger charge is 2.47. The largest absolute Gasteiger partial charge is 0.300 e. The van der Waals surface area contributed by atoms with Gasteiger partial charge < -0.3 is 4.90 Å². The van der Waals surface area contributed by atoms with Crippen LogP contribution in [-0.4, -0.2) is 24.0 Å². The van der Waals surface area contributed by atoms with E-state index in [1.807, 2.05) is 0 Å². The van der Waals surface area contributed by atoms with Gasteiger partial charge in [-0.1, -0.05) is 6.42 Å². The van der Waals surface area contributed by atoms with E-state index in [1.54, 1.807) is 19.3 Å². The number of hydrogen-bond acceptors (Lipinski definition) is 1. The molecular formula is C11H19N. The minimum Gasteiger partial charge on any atom is -0.300 e. The average molecular weight is 165 g/mol. The van der Waals surface area contributed by atoms with Gasteiger partial charge in [0.05, 0.1) is 0 Å². The zero-order valence-electron chi connectivity index (χ0n) is 7.84. The van der Waals surface area contributed by atoms with Crippen molar-refractivity contribution in [2.75, 3.05) is 13.1 Å². The summed E-state index contributed by atoms with van der Waals surface area (Å²) in [6.07, 6.45) is 9.08. The van der Waals surface area contributed by atoms with Gasteiger partial charge in [-0.2, -0.15) is 0 Å². The first kappa shape index (κ1) is 7.37. The maximum atomic E-state index is 2.77. The van der Waals surface area contributed by atoms with Crippen LogP contribution in [0, 0.1) is 11.8 Å². The lowest BCUT2D eigenvalue weighted by atomic mass is 10.1. The van der Waals surface area contributed by atoms with Crippen molar-refractivity contribution in [3.8, 4) is 0 Å². The lowest BCUT2D eigenvalue weighted by molar-refractivity contribution is 0.156. The van der Waals surface area contributed by atoms with Gasteiger partial charge in [0.2, 0.25) is 0 Å². The van der Waals surface area contributed by atoms with Crippen molar-refractivity contribution in [2.24, 2.45) is 11.8 Å². The molecule has 0 radical (unpaired) electrons. The van der Waals surface area contributed by atoms with Crippen LogP contribution in [0.25, 0.3) is 0 Å². The highest BCUT2D eigenvalue weighted by molar-refractivity contribution is 4.99. The zero-order chi connectivity index (χ0) is 7.97. The molecule has 3 rings (SSSR count). The number of rotatable bonds is 1. The molecule has 0 spiro atoms. The van der Waals surface area contributed by atoms with Crippen molar-refractivity contribution < 1.29 is 0 Å². The van der Waals surface area contributed by atoms with Crippen LogP contribution >= 0.6 is 0 Å². The molecule has 1 heteroatoms. The summed E-state index contributed by atoms with van der Waals surface area (Å²) in [4.78, 5) is 2.77. The van der Waals surface area contributed by atoms with Gasteiger partial charge in [-0.05, 0) is 57.0 Å². The summed E-state index contributed by atoms with van der Waals surface area (Å²) in [6.45, 7) is 2.81. The summed E-state index contributed by atoms with van der Waals surface area (Å²) in [6, 6.07) is 1.01. The Balaban J connectivity index is 1.58. The minimum absolute atomic E-state index is 1.01. The van der Waals surface area contributed by atoms with Crippen molar-refractivity contribution in [1.29, 1.82) is 0 Å². The molecule has 1 saturated heterocycles. The Bertz CT molecular complexity index is 162. The van der Waals surface area contributed by atoms with E-state index < -0.39 is 0 Å². The summed E-state index contributed by atoms with van der Waals surface area (Å²) in [5, 5.41) is 0. The summed E-state index contributed by atoms with van der Waals surface area (Å²) >= 11 is 0. The molecule has 1 heterocycles. The van der Waals surface area contributed by atoms with E-state index >= 15 is 0 Å². The lowest BCUT2D eigenvalue weighted by Crippen LogP contribution is -2.38. The predicted molar refractivity (Wildman–Crippen MR) is 50.0 cm³/mol. The first-order valence-electron chi connectivity index (χ1n) is 5.67. The molecule has 2 aliphatic carbocycles.